The molecular formula is C10H13BrFN. The third kappa shape index (κ3) is 3.08. The van der Waals surface area contributed by atoms with Gasteiger partial charge in [-0.2, -0.15) is 0 Å². The minimum Gasteiger partial charge on any atom is -0.310 e. The lowest BCUT2D eigenvalue weighted by Gasteiger charge is -2.10. The van der Waals surface area contributed by atoms with Crippen LogP contribution in [-0.4, -0.2) is 6.04 Å². The summed E-state index contributed by atoms with van der Waals surface area (Å²) in [6, 6.07) is 5.38. The highest BCUT2D eigenvalue weighted by Crippen LogP contribution is 2.19. The van der Waals surface area contributed by atoms with Crippen LogP contribution in [0, 0.1) is 5.82 Å². The molecule has 0 radical (unpaired) electrons. The first-order valence-electron chi connectivity index (χ1n) is 4.27. The van der Waals surface area contributed by atoms with Crippen LogP contribution in [0.3, 0.4) is 0 Å². The Balaban J connectivity index is 2.75. The average Bonchev–Trinajstić information content (AvgIpc) is 2.03. The molecule has 0 unspecified atom stereocenters. The van der Waals surface area contributed by atoms with Crippen molar-refractivity contribution in [3.05, 3.63) is 34.1 Å². The molecule has 0 saturated carbocycles. The zero-order valence-corrected chi connectivity index (χ0v) is 9.36. The fourth-order valence-electron chi connectivity index (χ4n) is 1.01. The van der Waals surface area contributed by atoms with Crippen molar-refractivity contribution >= 4 is 15.9 Å². The van der Waals surface area contributed by atoms with Gasteiger partial charge >= 0.3 is 0 Å². The van der Waals surface area contributed by atoms with Gasteiger partial charge in [0.2, 0.25) is 0 Å². The largest absolute Gasteiger partial charge is 0.310 e. The summed E-state index contributed by atoms with van der Waals surface area (Å²) in [4.78, 5) is 0. The third-order valence-corrected chi connectivity index (χ3v) is 2.49. The number of rotatable bonds is 3. The highest BCUT2D eigenvalue weighted by Gasteiger charge is 2.05. The Kier molecular flexibility index (Phi) is 3.88. The number of nitrogens with one attached hydrogen (secondary N) is 1. The van der Waals surface area contributed by atoms with Crippen LogP contribution in [0.1, 0.15) is 19.4 Å². The first kappa shape index (κ1) is 10.7. The Morgan fingerprint density at radius 3 is 2.69 bits per heavy atom. The molecule has 3 heteroatoms. The predicted molar refractivity (Wildman–Crippen MR) is 56.1 cm³/mol. The van der Waals surface area contributed by atoms with Crippen molar-refractivity contribution in [2.75, 3.05) is 0 Å². The van der Waals surface area contributed by atoms with Crippen LogP contribution in [0.25, 0.3) is 0 Å². The fraction of sp³-hybridized carbons (Fsp3) is 0.400. The van der Waals surface area contributed by atoms with Crippen molar-refractivity contribution in [3.63, 3.8) is 0 Å². The van der Waals surface area contributed by atoms with E-state index in [0.717, 1.165) is 4.47 Å². The molecule has 0 aliphatic rings. The lowest BCUT2D eigenvalue weighted by Crippen LogP contribution is -2.22. The van der Waals surface area contributed by atoms with Crippen LogP contribution in [0.15, 0.2) is 22.7 Å². The average molecular weight is 246 g/mol. The summed E-state index contributed by atoms with van der Waals surface area (Å²) < 4.78 is 14.1. The molecule has 0 heterocycles. The third-order valence-electron chi connectivity index (χ3n) is 1.75. The van der Waals surface area contributed by atoms with Crippen LogP contribution in [0.2, 0.25) is 0 Å². The van der Waals surface area contributed by atoms with E-state index in [4.69, 9.17) is 0 Å². The van der Waals surface area contributed by atoms with Gasteiger partial charge in [0.15, 0.2) is 0 Å². The predicted octanol–water partition coefficient (Wildman–Crippen LogP) is 3.09. The van der Waals surface area contributed by atoms with Crippen molar-refractivity contribution in [1.82, 2.24) is 5.32 Å². The molecule has 0 aliphatic heterocycles. The molecule has 1 N–H and O–H groups in total. The summed E-state index contributed by atoms with van der Waals surface area (Å²) >= 11 is 3.32. The lowest BCUT2D eigenvalue weighted by molar-refractivity contribution is 0.551. The van der Waals surface area contributed by atoms with E-state index in [1.54, 1.807) is 6.07 Å². The van der Waals surface area contributed by atoms with Crippen LogP contribution in [0.4, 0.5) is 4.39 Å². The smallest absolute Gasteiger partial charge is 0.128 e. The van der Waals surface area contributed by atoms with Crippen LogP contribution >= 0.6 is 15.9 Å². The molecule has 1 aromatic rings. The zero-order valence-electron chi connectivity index (χ0n) is 7.77. The van der Waals surface area contributed by atoms with Gasteiger partial charge in [-0.1, -0.05) is 35.8 Å². The molecular weight excluding hydrogens is 233 g/mol. The van der Waals surface area contributed by atoms with Crippen LogP contribution in [0.5, 0.6) is 0 Å². The normalized spacial score (nSPS) is 10.8. The van der Waals surface area contributed by atoms with Crippen molar-refractivity contribution < 1.29 is 4.39 Å². The maximum absolute atomic E-state index is 13.2. The topological polar surface area (TPSA) is 12.0 Å². The summed E-state index contributed by atoms with van der Waals surface area (Å²) in [6.45, 7) is 4.63. The van der Waals surface area contributed by atoms with Crippen LogP contribution in [-0.2, 0) is 6.54 Å². The van der Waals surface area contributed by atoms with E-state index < -0.39 is 0 Å². The number of halogens is 2. The summed E-state index contributed by atoms with van der Waals surface area (Å²) in [7, 11) is 0. The summed E-state index contributed by atoms with van der Waals surface area (Å²) in [5.41, 5.74) is 0.691. The molecule has 0 amide bonds. The fourth-order valence-corrected chi connectivity index (χ4v) is 1.49. The Morgan fingerprint density at radius 2 is 2.15 bits per heavy atom. The summed E-state index contributed by atoms with van der Waals surface area (Å²) in [6.07, 6.45) is 0. The molecule has 0 saturated heterocycles. The molecule has 0 aliphatic carbocycles. The molecule has 0 fully saturated rings. The maximum atomic E-state index is 13.2. The quantitative estimate of drug-likeness (QED) is 0.864. The van der Waals surface area contributed by atoms with Gasteiger partial charge in [-0.25, -0.2) is 4.39 Å². The van der Waals surface area contributed by atoms with Gasteiger partial charge in [0, 0.05) is 22.6 Å². The summed E-state index contributed by atoms with van der Waals surface area (Å²) in [5.74, 6) is -0.164. The van der Waals surface area contributed by atoms with Crippen LogP contribution < -0.4 is 5.32 Å². The van der Waals surface area contributed by atoms with Crippen molar-refractivity contribution in [2.45, 2.75) is 26.4 Å². The number of benzene rings is 1. The minimum absolute atomic E-state index is 0.164. The van der Waals surface area contributed by atoms with E-state index in [2.05, 4.69) is 21.2 Å². The van der Waals surface area contributed by atoms with E-state index in [1.807, 2.05) is 19.9 Å². The van der Waals surface area contributed by atoms with E-state index in [0.29, 0.717) is 18.2 Å². The Hall–Kier alpha value is -0.410. The standard InChI is InChI=1S/C10H13BrFN/c1-7(2)13-6-8-9(11)4-3-5-10(8)12/h3-5,7,13H,6H2,1-2H3. The van der Waals surface area contributed by atoms with Crippen molar-refractivity contribution in [2.24, 2.45) is 0 Å². The second-order valence-corrected chi connectivity index (χ2v) is 4.09. The van der Waals surface area contributed by atoms with Crippen molar-refractivity contribution in [1.29, 1.82) is 0 Å². The molecule has 0 spiro atoms. The van der Waals surface area contributed by atoms with E-state index in [9.17, 15) is 4.39 Å². The number of hydrogen-bond donors (Lipinski definition) is 1. The van der Waals surface area contributed by atoms with Gasteiger partial charge in [0.25, 0.3) is 0 Å². The molecule has 0 atom stereocenters. The molecule has 0 aromatic heterocycles. The molecule has 72 valence electrons. The number of hydrogen-bond acceptors (Lipinski definition) is 1. The monoisotopic (exact) mass is 245 g/mol. The van der Waals surface area contributed by atoms with Gasteiger partial charge in [-0.05, 0) is 12.1 Å². The van der Waals surface area contributed by atoms with E-state index in [1.165, 1.54) is 6.07 Å². The molecule has 1 nitrogen and oxygen atoms in total. The molecule has 1 rings (SSSR count). The Bertz CT molecular complexity index is 266. The van der Waals surface area contributed by atoms with E-state index >= 15 is 0 Å². The van der Waals surface area contributed by atoms with Crippen molar-refractivity contribution in [3.8, 4) is 0 Å². The highest BCUT2D eigenvalue weighted by molar-refractivity contribution is 9.10. The second kappa shape index (κ2) is 4.72. The van der Waals surface area contributed by atoms with Gasteiger partial charge in [-0.3, -0.25) is 0 Å². The van der Waals surface area contributed by atoms with Gasteiger partial charge < -0.3 is 5.32 Å². The highest BCUT2D eigenvalue weighted by atomic mass is 79.9. The van der Waals surface area contributed by atoms with Gasteiger partial charge in [-0.15, -0.1) is 0 Å². The molecule has 1 aromatic carbocycles. The first-order chi connectivity index (χ1) is 6.11. The molecule has 13 heavy (non-hydrogen) atoms. The maximum Gasteiger partial charge on any atom is 0.128 e. The Morgan fingerprint density at radius 1 is 1.46 bits per heavy atom. The minimum atomic E-state index is -0.164. The Labute approximate surface area is 86.5 Å². The summed E-state index contributed by atoms with van der Waals surface area (Å²) in [5, 5.41) is 3.17. The lowest BCUT2D eigenvalue weighted by atomic mass is 10.2. The second-order valence-electron chi connectivity index (χ2n) is 3.24. The van der Waals surface area contributed by atoms with Gasteiger partial charge in [0.05, 0.1) is 0 Å². The van der Waals surface area contributed by atoms with Gasteiger partial charge in [0.1, 0.15) is 5.82 Å². The SMILES string of the molecule is CC(C)NCc1c(F)cccc1Br. The molecule has 0 bridgehead atoms. The van der Waals surface area contributed by atoms with E-state index in [-0.39, 0.29) is 5.82 Å². The zero-order chi connectivity index (χ0) is 9.84. The first-order valence-corrected chi connectivity index (χ1v) is 5.07.